The Morgan fingerprint density at radius 3 is 1.11 bits per heavy atom. The maximum atomic E-state index is 12.5. The second-order valence-corrected chi connectivity index (χ2v) is 20.0. The number of carbonyl (C=O) groups excluding carboxylic acids is 2. The maximum absolute atomic E-state index is 12.5. The first-order valence-electron chi connectivity index (χ1n) is 29.1. The SMILES string of the molecule is CCCCCC/C=C\CCCCCCCC(=O)OCCCC/C=C\CCCCCCCC(=O)NC(CO)C(O)CCCCCCCCCCCCCCCCCCCCCCCCCC. The van der Waals surface area contributed by atoms with Crippen molar-refractivity contribution in [1.82, 2.24) is 5.32 Å². The van der Waals surface area contributed by atoms with Gasteiger partial charge in [0.15, 0.2) is 0 Å². The van der Waals surface area contributed by atoms with Crippen molar-refractivity contribution in [2.45, 2.75) is 328 Å². The van der Waals surface area contributed by atoms with E-state index in [1.165, 1.54) is 199 Å². The van der Waals surface area contributed by atoms with E-state index in [0.29, 0.717) is 25.9 Å². The summed E-state index contributed by atoms with van der Waals surface area (Å²) in [6.45, 7) is 4.87. The van der Waals surface area contributed by atoms with Crippen LogP contribution < -0.4 is 5.32 Å². The van der Waals surface area contributed by atoms with Crippen LogP contribution in [-0.2, 0) is 14.3 Å². The lowest BCUT2D eigenvalue weighted by Crippen LogP contribution is -2.45. The Hall–Kier alpha value is -1.66. The number of nitrogens with one attached hydrogen (secondary N) is 1. The molecule has 0 aliphatic heterocycles. The Balaban J connectivity index is 3.50. The zero-order valence-electron chi connectivity index (χ0n) is 43.7. The molecule has 6 nitrogen and oxygen atoms in total. The molecular weight excluding hydrogens is 803 g/mol. The number of allylic oxidation sites excluding steroid dienone is 4. The molecule has 1 amide bonds. The molecule has 0 bridgehead atoms. The molecule has 384 valence electrons. The van der Waals surface area contributed by atoms with Gasteiger partial charge in [-0.2, -0.15) is 0 Å². The quantitative estimate of drug-likeness (QED) is 0.0321. The fourth-order valence-corrected chi connectivity index (χ4v) is 8.98. The number of unbranched alkanes of at least 4 members (excludes halogenated alkanes) is 39. The molecule has 0 rings (SSSR count). The number of esters is 1. The van der Waals surface area contributed by atoms with Crippen LogP contribution in [0.1, 0.15) is 316 Å². The topological polar surface area (TPSA) is 95.9 Å². The van der Waals surface area contributed by atoms with Gasteiger partial charge in [0.05, 0.1) is 25.4 Å². The molecule has 0 heterocycles. The van der Waals surface area contributed by atoms with E-state index in [1.54, 1.807) is 0 Å². The predicted octanol–water partition coefficient (Wildman–Crippen LogP) is 17.9. The van der Waals surface area contributed by atoms with Gasteiger partial charge in [0, 0.05) is 12.8 Å². The lowest BCUT2D eigenvalue weighted by molar-refractivity contribution is -0.143. The Labute approximate surface area is 405 Å². The Morgan fingerprint density at radius 1 is 0.415 bits per heavy atom. The third-order valence-corrected chi connectivity index (χ3v) is 13.5. The van der Waals surface area contributed by atoms with E-state index in [2.05, 4.69) is 43.5 Å². The van der Waals surface area contributed by atoms with Crippen LogP contribution in [0.2, 0.25) is 0 Å². The van der Waals surface area contributed by atoms with E-state index in [9.17, 15) is 19.8 Å². The number of amides is 1. The summed E-state index contributed by atoms with van der Waals surface area (Å²) >= 11 is 0. The fraction of sp³-hybridized carbons (Fsp3) is 0.898. The van der Waals surface area contributed by atoms with Gasteiger partial charge in [-0.15, -0.1) is 0 Å². The standard InChI is InChI=1S/C59H113NO5/c1-3-5-7-9-11-13-15-17-18-19-20-21-22-23-24-25-26-27-29-31-35-39-43-47-51-57(62)56(55-61)60-58(63)52-48-44-40-36-32-30-34-38-42-46-50-54-65-59(64)53-49-45-41-37-33-28-16-14-12-10-8-6-4-2/h14,16,34,38,56-57,61-62H,3-13,15,17-33,35-37,39-55H2,1-2H3,(H,60,63)/b16-14-,38-34-. The van der Waals surface area contributed by atoms with Crippen LogP contribution in [0, 0.1) is 0 Å². The first-order valence-corrected chi connectivity index (χ1v) is 29.1. The van der Waals surface area contributed by atoms with Gasteiger partial charge in [0.2, 0.25) is 5.91 Å². The molecule has 0 fully saturated rings. The van der Waals surface area contributed by atoms with Gasteiger partial charge in [0.25, 0.3) is 0 Å². The van der Waals surface area contributed by atoms with Gasteiger partial charge in [-0.25, -0.2) is 0 Å². The zero-order chi connectivity index (χ0) is 47.2. The van der Waals surface area contributed by atoms with Crippen molar-refractivity contribution >= 4 is 11.9 Å². The van der Waals surface area contributed by atoms with Crippen LogP contribution in [0.4, 0.5) is 0 Å². The molecule has 0 aromatic carbocycles. The first-order chi connectivity index (χ1) is 32.0. The molecule has 0 aromatic heterocycles. The zero-order valence-corrected chi connectivity index (χ0v) is 43.7. The highest BCUT2D eigenvalue weighted by atomic mass is 16.5. The Morgan fingerprint density at radius 2 is 0.723 bits per heavy atom. The van der Waals surface area contributed by atoms with Gasteiger partial charge < -0.3 is 20.3 Å². The van der Waals surface area contributed by atoms with E-state index in [4.69, 9.17) is 4.74 Å². The molecule has 65 heavy (non-hydrogen) atoms. The minimum atomic E-state index is -0.684. The average molecular weight is 917 g/mol. The van der Waals surface area contributed by atoms with Gasteiger partial charge in [-0.05, 0) is 77.0 Å². The summed E-state index contributed by atoms with van der Waals surface area (Å²) in [5.41, 5.74) is 0. The van der Waals surface area contributed by atoms with Crippen molar-refractivity contribution in [2.24, 2.45) is 0 Å². The number of ether oxygens (including phenoxy) is 1. The molecule has 3 N–H and O–H groups in total. The summed E-state index contributed by atoms with van der Waals surface area (Å²) in [6, 6.07) is -0.564. The fourth-order valence-electron chi connectivity index (χ4n) is 8.98. The first kappa shape index (κ1) is 63.3. The third-order valence-electron chi connectivity index (χ3n) is 13.5. The summed E-state index contributed by atoms with van der Waals surface area (Å²) in [6.07, 6.45) is 66.0. The number of aliphatic hydroxyl groups excluding tert-OH is 2. The highest BCUT2D eigenvalue weighted by Crippen LogP contribution is 2.17. The highest BCUT2D eigenvalue weighted by molar-refractivity contribution is 5.76. The summed E-state index contributed by atoms with van der Waals surface area (Å²) < 4.78 is 5.43. The predicted molar refractivity (Wildman–Crippen MR) is 283 cm³/mol. The average Bonchev–Trinajstić information content (AvgIpc) is 3.31. The third kappa shape index (κ3) is 51.6. The second kappa shape index (κ2) is 54.9. The monoisotopic (exact) mass is 916 g/mol. The number of carbonyl (C=O) groups is 2. The molecule has 0 saturated heterocycles. The van der Waals surface area contributed by atoms with Crippen molar-refractivity contribution in [3.63, 3.8) is 0 Å². The van der Waals surface area contributed by atoms with E-state index in [0.717, 1.165) is 83.5 Å². The molecule has 0 aliphatic rings. The van der Waals surface area contributed by atoms with Crippen molar-refractivity contribution in [1.29, 1.82) is 0 Å². The van der Waals surface area contributed by atoms with Crippen LogP contribution in [-0.4, -0.2) is 47.4 Å². The summed E-state index contributed by atoms with van der Waals surface area (Å²) in [7, 11) is 0. The van der Waals surface area contributed by atoms with Crippen molar-refractivity contribution in [3.05, 3.63) is 24.3 Å². The lowest BCUT2D eigenvalue weighted by atomic mass is 10.0. The largest absolute Gasteiger partial charge is 0.466 e. The smallest absolute Gasteiger partial charge is 0.305 e. The molecule has 0 radical (unpaired) electrons. The number of rotatable bonds is 54. The van der Waals surface area contributed by atoms with Gasteiger partial charge in [-0.1, -0.05) is 250 Å². The highest BCUT2D eigenvalue weighted by Gasteiger charge is 2.20. The Bertz CT molecular complexity index is 1010. The van der Waals surface area contributed by atoms with E-state index in [-0.39, 0.29) is 18.5 Å². The molecule has 0 aliphatic carbocycles. The van der Waals surface area contributed by atoms with E-state index in [1.807, 2.05) is 0 Å². The van der Waals surface area contributed by atoms with Gasteiger partial charge >= 0.3 is 5.97 Å². The number of hydrogen-bond acceptors (Lipinski definition) is 5. The Kier molecular flexibility index (Phi) is 53.5. The molecule has 0 spiro atoms. The number of aliphatic hydroxyl groups is 2. The second-order valence-electron chi connectivity index (χ2n) is 20.0. The van der Waals surface area contributed by atoms with Crippen molar-refractivity contribution < 1.29 is 24.5 Å². The van der Waals surface area contributed by atoms with Gasteiger partial charge in [0.1, 0.15) is 0 Å². The van der Waals surface area contributed by atoms with Crippen LogP contribution in [0.5, 0.6) is 0 Å². The molecular formula is C59H113NO5. The molecule has 2 atom stereocenters. The maximum Gasteiger partial charge on any atom is 0.305 e. The summed E-state index contributed by atoms with van der Waals surface area (Å²) in [5.74, 6) is -0.101. The van der Waals surface area contributed by atoms with Crippen LogP contribution in [0.25, 0.3) is 0 Å². The van der Waals surface area contributed by atoms with Gasteiger partial charge in [-0.3, -0.25) is 9.59 Å². The minimum absolute atomic E-state index is 0.0396. The minimum Gasteiger partial charge on any atom is -0.466 e. The van der Waals surface area contributed by atoms with E-state index < -0.39 is 12.1 Å². The van der Waals surface area contributed by atoms with Crippen molar-refractivity contribution in [3.8, 4) is 0 Å². The molecule has 2 unspecified atom stereocenters. The van der Waals surface area contributed by atoms with Crippen LogP contribution in [0.15, 0.2) is 24.3 Å². The van der Waals surface area contributed by atoms with Crippen molar-refractivity contribution in [2.75, 3.05) is 13.2 Å². The van der Waals surface area contributed by atoms with Crippen LogP contribution >= 0.6 is 0 Å². The lowest BCUT2D eigenvalue weighted by Gasteiger charge is -2.22. The number of hydrogen-bond donors (Lipinski definition) is 3. The molecule has 6 heteroatoms. The summed E-state index contributed by atoms with van der Waals surface area (Å²) in [5, 5.41) is 23.3. The molecule has 0 saturated carbocycles. The summed E-state index contributed by atoms with van der Waals surface area (Å²) in [4.78, 5) is 24.5. The van der Waals surface area contributed by atoms with E-state index >= 15 is 0 Å². The normalized spacial score (nSPS) is 12.7. The van der Waals surface area contributed by atoms with Crippen LogP contribution in [0.3, 0.4) is 0 Å². The molecule has 0 aromatic rings.